The van der Waals surface area contributed by atoms with Gasteiger partial charge in [0.1, 0.15) is 5.75 Å². The van der Waals surface area contributed by atoms with Gasteiger partial charge in [0.2, 0.25) is 0 Å². The number of alkyl halides is 1. The minimum absolute atomic E-state index is 0.665. The zero-order valence-corrected chi connectivity index (χ0v) is 12.7. The van der Waals surface area contributed by atoms with E-state index in [2.05, 4.69) is 31.2 Å². The molecule has 0 bridgehead atoms. The topological polar surface area (TPSA) is 9.23 Å². The van der Waals surface area contributed by atoms with E-state index in [0.717, 1.165) is 24.0 Å². The zero-order chi connectivity index (χ0) is 13.5. The average molecular weight is 281 g/mol. The molecule has 1 aromatic carbocycles. The van der Waals surface area contributed by atoms with E-state index in [1.807, 2.05) is 0 Å². The molecule has 2 heteroatoms. The molecule has 19 heavy (non-hydrogen) atoms. The summed E-state index contributed by atoms with van der Waals surface area (Å²) in [6.07, 6.45) is 7.75. The van der Waals surface area contributed by atoms with Gasteiger partial charge in [0.15, 0.2) is 0 Å². The molecule has 1 nitrogen and oxygen atoms in total. The van der Waals surface area contributed by atoms with Gasteiger partial charge in [0.25, 0.3) is 0 Å². The van der Waals surface area contributed by atoms with Gasteiger partial charge in [-0.1, -0.05) is 25.5 Å². The highest BCUT2D eigenvalue weighted by Gasteiger charge is 2.21. The predicted octanol–water partition coefficient (Wildman–Crippen LogP) is 5.38. The monoisotopic (exact) mass is 280 g/mol. The van der Waals surface area contributed by atoms with E-state index in [4.69, 9.17) is 16.3 Å². The van der Waals surface area contributed by atoms with E-state index < -0.39 is 0 Å². The van der Waals surface area contributed by atoms with Crippen LogP contribution in [0, 0.1) is 5.92 Å². The second-order valence-electron chi connectivity index (χ2n) is 5.59. The Kier molecular flexibility index (Phi) is 6.03. The molecule has 1 aromatic rings. The number of halogens is 1. The van der Waals surface area contributed by atoms with E-state index in [0.29, 0.717) is 12.5 Å². The van der Waals surface area contributed by atoms with Crippen LogP contribution >= 0.6 is 11.6 Å². The molecule has 0 aliphatic heterocycles. The van der Waals surface area contributed by atoms with E-state index in [9.17, 15) is 0 Å². The van der Waals surface area contributed by atoms with Gasteiger partial charge in [-0.15, -0.1) is 11.6 Å². The first kappa shape index (κ1) is 14.7. The van der Waals surface area contributed by atoms with Crippen LogP contribution in [0.2, 0.25) is 0 Å². The molecule has 1 fully saturated rings. The first-order valence-corrected chi connectivity index (χ1v) is 8.15. The zero-order valence-electron chi connectivity index (χ0n) is 11.9. The van der Waals surface area contributed by atoms with Crippen molar-refractivity contribution in [3.8, 4) is 5.75 Å². The van der Waals surface area contributed by atoms with Crippen molar-refractivity contribution in [1.82, 2.24) is 0 Å². The third-order valence-electron chi connectivity index (χ3n) is 4.32. The van der Waals surface area contributed by atoms with Crippen molar-refractivity contribution in [3.05, 3.63) is 29.8 Å². The Morgan fingerprint density at radius 2 is 1.79 bits per heavy atom. The van der Waals surface area contributed by atoms with Gasteiger partial charge in [-0.2, -0.15) is 0 Å². The van der Waals surface area contributed by atoms with Crippen LogP contribution in [0.3, 0.4) is 0 Å². The summed E-state index contributed by atoms with van der Waals surface area (Å²) >= 11 is 5.64. The maximum Gasteiger partial charge on any atom is 0.119 e. The van der Waals surface area contributed by atoms with Crippen molar-refractivity contribution >= 4 is 11.6 Å². The fraction of sp³-hybridized carbons (Fsp3) is 0.647. The molecule has 0 radical (unpaired) electrons. The lowest BCUT2D eigenvalue weighted by Gasteiger charge is -2.28. The Bertz CT molecular complexity index is 352. The molecule has 0 amide bonds. The number of benzene rings is 1. The number of ether oxygens (including phenoxy) is 1. The summed E-state index contributed by atoms with van der Waals surface area (Å²) in [4.78, 5) is 0. The van der Waals surface area contributed by atoms with Crippen LogP contribution in [-0.2, 0) is 0 Å². The lowest BCUT2D eigenvalue weighted by molar-refractivity contribution is 0.314. The lowest BCUT2D eigenvalue weighted by Crippen LogP contribution is -2.12. The second kappa shape index (κ2) is 7.79. The molecule has 0 saturated heterocycles. The molecule has 0 heterocycles. The quantitative estimate of drug-likeness (QED) is 0.502. The van der Waals surface area contributed by atoms with Gasteiger partial charge in [-0.25, -0.2) is 0 Å². The minimum atomic E-state index is 0.665. The van der Waals surface area contributed by atoms with Gasteiger partial charge >= 0.3 is 0 Å². The molecule has 1 aliphatic rings. The SMILES string of the molecule is CCC1CCC(c2ccc(OCCCCl)cc2)CC1. The summed E-state index contributed by atoms with van der Waals surface area (Å²) in [7, 11) is 0. The molecule has 0 spiro atoms. The standard InChI is InChI=1S/C17H25ClO/c1-2-14-4-6-15(7-5-14)16-8-10-17(11-9-16)19-13-3-12-18/h8-11,14-15H,2-7,12-13H2,1H3. The normalized spacial score (nSPS) is 23.3. The Hall–Kier alpha value is -0.690. The number of hydrogen-bond acceptors (Lipinski definition) is 1. The predicted molar refractivity (Wildman–Crippen MR) is 82.3 cm³/mol. The Morgan fingerprint density at radius 1 is 1.11 bits per heavy atom. The van der Waals surface area contributed by atoms with E-state index in [-0.39, 0.29) is 0 Å². The van der Waals surface area contributed by atoms with Crippen LogP contribution in [-0.4, -0.2) is 12.5 Å². The summed E-state index contributed by atoms with van der Waals surface area (Å²) in [5.41, 5.74) is 1.49. The Labute approximate surface area is 122 Å². The highest BCUT2D eigenvalue weighted by molar-refractivity contribution is 6.17. The first-order valence-electron chi connectivity index (χ1n) is 7.62. The van der Waals surface area contributed by atoms with Crippen LogP contribution in [0.15, 0.2) is 24.3 Å². The smallest absolute Gasteiger partial charge is 0.119 e. The second-order valence-corrected chi connectivity index (χ2v) is 5.96. The minimum Gasteiger partial charge on any atom is -0.494 e. The highest BCUT2D eigenvalue weighted by atomic mass is 35.5. The van der Waals surface area contributed by atoms with Crippen LogP contribution in [0.25, 0.3) is 0 Å². The van der Waals surface area contributed by atoms with E-state index in [1.165, 1.54) is 37.7 Å². The molecule has 2 rings (SSSR count). The molecule has 0 N–H and O–H groups in total. The average Bonchev–Trinajstić information content (AvgIpc) is 2.48. The van der Waals surface area contributed by atoms with E-state index in [1.54, 1.807) is 0 Å². The van der Waals surface area contributed by atoms with Crippen molar-refractivity contribution in [3.63, 3.8) is 0 Å². The van der Waals surface area contributed by atoms with Crippen molar-refractivity contribution in [2.24, 2.45) is 5.92 Å². The summed E-state index contributed by atoms with van der Waals surface area (Å²) < 4.78 is 5.64. The maximum absolute atomic E-state index is 5.64. The lowest BCUT2D eigenvalue weighted by atomic mass is 9.78. The van der Waals surface area contributed by atoms with Crippen LogP contribution < -0.4 is 4.74 Å². The van der Waals surface area contributed by atoms with Gasteiger partial charge < -0.3 is 4.74 Å². The van der Waals surface area contributed by atoms with Crippen molar-refractivity contribution in [2.45, 2.75) is 51.4 Å². The molecule has 1 saturated carbocycles. The van der Waals surface area contributed by atoms with Crippen LogP contribution in [0.4, 0.5) is 0 Å². The molecular weight excluding hydrogens is 256 g/mol. The summed E-state index contributed by atoms with van der Waals surface area (Å²) in [5, 5.41) is 0. The first-order chi connectivity index (χ1) is 9.33. The number of hydrogen-bond donors (Lipinski definition) is 0. The van der Waals surface area contributed by atoms with Crippen LogP contribution in [0.1, 0.15) is 56.9 Å². The molecule has 0 unspecified atom stereocenters. The van der Waals surface area contributed by atoms with Crippen molar-refractivity contribution < 1.29 is 4.74 Å². The molecule has 0 atom stereocenters. The number of rotatable bonds is 6. The van der Waals surface area contributed by atoms with Gasteiger partial charge in [0.05, 0.1) is 6.61 Å². The maximum atomic E-state index is 5.64. The molecule has 1 aliphatic carbocycles. The molecule has 106 valence electrons. The van der Waals surface area contributed by atoms with Crippen LogP contribution in [0.5, 0.6) is 5.75 Å². The van der Waals surface area contributed by atoms with Crippen molar-refractivity contribution in [1.29, 1.82) is 0 Å². The Balaban J connectivity index is 1.84. The third-order valence-corrected chi connectivity index (χ3v) is 4.59. The molecular formula is C17H25ClO. The molecule has 0 aromatic heterocycles. The largest absolute Gasteiger partial charge is 0.494 e. The fourth-order valence-electron chi connectivity index (χ4n) is 2.98. The van der Waals surface area contributed by atoms with E-state index >= 15 is 0 Å². The fourth-order valence-corrected chi connectivity index (χ4v) is 3.09. The van der Waals surface area contributed by atoms with Gasteiger partial charge in [-0.05, 0) is 61.6 Å². The third kappa shape index (κ3) is 4.42. The summed E-state index contributed by atoms with van der Waals surface area (Å²) in [6, 6.07) is 8.70. The highest BCUT2D eigenvalue weighted by Crippen LogP contribution is 2.37. The summed E-state index contributed by atoms with van der Waals surface area (Å²) in [6.45, 7) is 3.03. The van der Waals surface area contributed by atoms with Gasteiger partial charge in [-0.3, -0.25) is 0 Å². The van der Waals surface area contributed by atoms with Gasteiger partial charge in [0, 0.05) is 5.88 Å². The Morgan fingerprint density at radius 3 is 2.37 bits per heavy atom. The van der Waals surface area contributed by atoms with Crippen molar-refractivity contribution in [2.75, 3.05) is 12.5 Å². The summed E-state index contributed by atoms with van der Waals surface area (Å²) in [5.74, 6) is 3.36.